The molecule has 134 valence electrons. The molecule has 2 aromatic carbocycles. The molecule has 0 amide bonds. The van der Waals surface area contributed by atoms with Crippen LogP contribution in [0.15, 0.2) is 53.6 Å². The van der Waals surface area contributed by atoms with E-state index in [0.717, 1.165) is 9.54 Å². The third-order valence-corrected chi connectivity index (χ3v) is 6.54. The quantitative estimate of drug-likeness (QED) is 0.759. The van der Waals surface area contributed by atoms with Crippen molar-refractivity contribution in [2.24, 2.45) is 5.92 Å². The van der Waals surface area contributed by atoms with Crippen molar-refractivity contribution in [1.82, 2.24) is 3.97 Å². The monoisotopic (exact) mass is 373 g/mol. The molecule has 5 nitrogen and oxygen atoms in total. The third kappa shape index (κ3) is 2.59. The van der Waals surface area contributed by atoms with Gasteiger partial charge >= 0.3 is 5.97 Å². The molecular formula is C19H16FNO4S. The minimum absolute atomic E-state index is 0.0985. The first kappa shape index (κ1) is 16.8. The molecule has 0 aliphatic heterocycles. The average molecular weight is 373 g/mol. The largest absolute Gasteiger partial charge is 0.481 e. The molecule has 26 heavy (non-hydrogen) atoms. The SMILES string of the molecule is Cc1ccc(S(=O)(=O)n2cc(C3CC3C(=O)O)c3ccc(F)cc32)cc1. The molecular weight excluding hydrogens is 357 g/mol. The molecule has 1 aromatic heterocycles. The minimum Gasteiger partial charge on any atom is -0.481 e. The number of aryl methyl sites for hydroxylation is 1. The van der Waals surface area contributed by atoms with Crippen molar-refractivity contribution in [2.75, 3.05) is 0 Å². The van der Waals surface area contributed by atoms with Gasteiger partial charge in [-0.2, -0.15) is 0 Å². The second-order valence-electron chi connectivity index (χ2n) is 6.65. The van der Waals surface area contributed by atoms with Crippen LogP contribution >= 0.6 is 0 Å². The maximum atomic E-state index is 13.8. The molecule has 3 aromatic rings. The molecule has 0 bridgehead atoms. The molecule has 2 unspecified atom stereocenters. The number of halogens is 1. The van der Waals surface area contributed by atoms with E-state index in [1.807, 2.05) is 6.92 Å². The van der Waals surface area contributed by atoms with E-state index in [4.69, 9.17) is 0 Å². The molecule has 1 aliphatic carbocycles. The van der Waals surface area contributed by atoms with E-state index in [2.05, 4.69) is 0 Å². The summed E-state index contributed by atoms with van der Waals surface area (Å²) in [6.45, 7) is 1.86. The van der Waals surface area contributed by atoms with Gasteiger partial charge in [0.1, 0.15) is 5.82 Å². The number of aliphatic carboxylic acids is 1. The first-order chi connectivity index (χ1) is 12.3. The summed E-state index contributed by atoms with van der Waals surface area (Å²) in [6.07, 6.45) is 1.89. The summed E-state index contributed by atoms with van der Waals surface area (Å²) in [6, 6.07) is 10.3. The Morgan fingerprint density at radius 3 is 2.50 bits per heavy atom. The molecule has 0 radical (unpaired) electrons. The van der Waals surface area contributed by atoms with Crippen LogP contribution in [0.5, 0.6) is 0 Å². The van der Waals surface area contributed by atoms with E-state index >= 15 is 0 Å². The molecule has 1 N–H and O–H groups in total. The number of carboxylic acids is 1. The normalized spacial score (nSPS) is 19.6. The molecule has 2 atom stereocenters. The highest BCUT2D eigenvalue weighted by molar-refractivity contribution is 7.90. The van der Waals surface area contributed by atoms with E-state index in [9.17, 15) is 22.7 Å². The van der Waals surface area contributed by atoms with Crippen LogP contribution in [0.1, 0.15) is 23.5 Å². The van der Waals surface area contributed by atoms with Gasteiger partial charge in [-0.15, -0.1) is 0 Å². The lowest BCUT2D eigenvalue weighted by atomic mass is 10.1. The fourth-order valence-corrected chi connectivity index (χ4v) is 4.70. The predicted octanol–water partition coefficient (Wildman–Crippen LogP) is 3.51. The zero-order valence-electron chi connectivity index (χ0n) is 13.9. The Kier molecular flexibility index (Phi) is 3.66. The zero-order valence-corrected chi connectivity index (χ0v) is 14.7. The molecule has 1 saturated carbocycles. The highest BCUT2D eigenvalue weighted by Crippen LogP contribution is 2.50. The second kappa shape index (κ2) is 5.67. The highest BCUT2D eigenvalue weighted by Gasteiger charge is 2.46. The van der Waals surface area contributed by atoms with Crippen LogP contribution < -0.4 is 0 Å². The molecule has 1 fully saturated rings. The van der Waals surface area contributed by atoms with Crippen LogP contribution in [0.25, 0.3) is 10.9 Å². The van der Waals surface area contributed by atoms with Gasteiger partial charge in [0.25, 0.3) is 10.0 Å². The van der Waals surface area contributed by atoms with Crippen molar-refractivity contribution in [3.8, 4) is 0 Å². The fourth-order valence-electron chi connectivity index (χ4n) is 3.33. The average Bonchev–Trinajstić information content (AvgIpc) is 3.30. The van der Waals surface area contributed by atoms with Gasteiger partial charge < -0.3 is 5.11 Å². The number of hydrogen-bond acceptors (Lipinski definition) is 3. The smallest absolute Gasteiger partial charge is 0.307 e. The van der Waals surface area contributed by atoms with Crippen molar-refractivity contribution in [1.29, 1.82) is 0 Å². The van der Waals surface area contributed by atoms with Crippen molar-refractivity contribution in [2.45, 2.75) is 24.2 Å². The van der Waals surface area contributed by atoms with Crippen molar-refractivity contribution >= 4 is 26.9 Å². The molecule has 0 spiro atoms. The number of carbonyl (C=O) groups is 1. The topological polar surface area (TPSA) is 76.4 Å². The number of carboxylic acid groups (broad SMARTS) is 1. The van der Waals surface area contributed by atoms with Crippen LogP contribution in [-0.2, 0) is 14.8 Å². The summed E-state index contributed by atoms with van der Waals surface area (Å²) in [5.74, 6) is -2.23. The van der Waals surface area contributed by atoms with Crippen LogP contribution in [0.2, 0.25) is 0 Å². The van der Waals surface area contributed by atoms with Crippen LogP contribution in [-0.4, -0.2) is 23.5 Å². The number of hydrogen-bond donors (Lipinski definition) is 1. The van der Waals surface area contributed by atoms with Gasteiger partial charge in [-0.1, -0.05) is 17.7 Å². The summed E-state index contributed by atoms with van der Waals surface area (Å²) in [7, 11) is -3.92. The maximum absolute atomic E-state index is 13.8. The van der Waals surface area contributed by atoms with Crippen molar-refractivity contribution in [3.63, 3.8) is 0 Å². The van der Waals surface area contributed by atoms with Crippen LogP contribution in [0, 0.1) is 18.7 Å². The number of rotatable bonds is 4. The van der Waals surface area contributed by atoms with Gasteiger partial charge in [0, 0.05) is 17.5 Å². The van der Waals surface area contributed by atoms with E-state index in [1.54, 1.807) is 12.1 Å². The summed E-state index contributed by atoms with van der Waals surface area (Å²) in [5.41, 5.74) is 1.77. The Balaban J connectivity index is 1.91. The van der Waals surface area contributed by atoms with E-state index in [-0.39, 0.29) is 16.3 Å². The summed E-state index contributed by atoms with van der Waals surface area (Å²) in [4.78, 5) is 11.3. The predicted molar refractivity (Wildman–Crippen MR) is 94.1 cm³/mol. The van der Waals surface area contributed by atoms with Gasteiger partial charge in [-0.25, -0.2) is 16.8 Å². The summed E-state index contributed by atoms with van der Waals surface area (Å²) in [5, 5.41) is 9.75. The Morgan fingerprint density at radius 1 is 1.19 bits per heavy atom. The number of benzene rings is 2. The number of aromatic nitrogens is 1. The minimum atomic E-state index is -3.92. The second-order valence-corrected chi connectivity index (χ2v) is 8.46. The first-order valence-electron chi connectivity index (χ1n) is 8.14. The Morgan fingerprint density at radius 2 is 1.88 bits per heavy atom. The van der Waals surface area contributed by atoms with Gasteiger partial charge in [0.2, 0.25) is 0 Å². The zero-order chi connectivity index (χ0) is 18.6. The van der Waals surface area contributed by atoms with Gasteiger partial charge in [-0.05, 0) is 49.2 Å². The van der Waals surface area contributed by atoms with Crippen molar-refractivity contribution < 1.29 is 22.7 Å². The van der Waals surface area contributed by atoms with E-state index in [0.29, 0.717) is 17.4 Å². The van der Waals surface area contributed by atoms with Gasteiger partial charge in [0.05, 0.1) is 16.3 Å². The van der Waals surface area contributed by atoms with E-state index in [1.165, 1.54) is 36.5 Å². The number of nitrogens with zero attached hydrogens (tertiary/aromatic N) is 1. The first-order valence-corrected chi connectivity index (χ1v) is 9.58. The maximum Gasteiger partial charge on any atom is 0.307 e. The fraction of sp³-hybridized carbons (Fsp3) is 0.211. The molecule has 1 heterocycles. The summed E-state index contributed by atoms with van der Waals surface area (Å²) >= 11 is 0. The number of fused-ring (bicyclic) bond motifs is 1. The third-order valence-electron chi connectivity index (χ3n) is 4.85. The molecule has 7 heteroatoms. The summed E-state index contributed by atoms with van der Waals surface area (Å²) < 4.78 is 41.0. The Bertz CT molecular complexity index is 1130. The van der Waals surface area contributed by atoms with E-state index < -0.39 is 27.7 Å². The molecule has 0 saturated heterocycles. The van der Waals surface area contributed by atoms with Crippen LogP contribution in [0.4, 0.5) is 4.39 Å². The lowest BCUT2D eigenvalue weighted by molar-refractivity contribution is -0.138. The van der Waals surface area contributed by atoms with Crippen molar-refractivity contribution in [3.05, 3.63) is 65.6 Å². The van der Waals surface area contributed by atoms with Gasteiger partial charge in [0.15, 0.2) is 0 Å². The Labute approximate surface area is 149 Å². The molecule has 1 aliphatic rings. The lowest BCUT2D eigenvalue weighted by Crippen LogP contribution is -2.12. The Hall–Kier alpha value is -2.67. The molecule has 4 rings (SSSR count). The van der Waals surface area contributed by atoms with Crippen LogP contribution in [0.3, 0.4) is 0 Å². The van der Waals surface area contributed by atoms with Gasteiger partial charge in [-0.3, -0.25) is 4.79 Å². The highest BCUT2D eigenvalue weighted by atomic mass is 32.2. The lowest BCUT2D eigenvalue weighted by Gasteiger charge is -2.08. The standard InChI is InChI=1S/C19H16FNO4S/c1-11-2-5-13(6-3-11)26(24,25)21-10-17(15-9-16(15)19(22)23)14-7-4-12(20)8-18(14)21/h2-8,10,15-16H,9H2,1H3,(H,22,23).